The van der Waals surface area contributed by atoms with Gasteiger partial charge in [0.25, 0.3) is 5.91 Å². The summed E-state index contributed by atoms with van der Waals surface area (Å²) in [6.07, 6.45) is 0. The number of nitrogens with one attached hydrogen (secondary N) is 1. The van der Waals surface area contributed by atoms with E-state index in [4.69, 9.17) is 23.2 Å². The number of carboxylic acid groups (broad SMARTS) is 1. The third-order valence-corrected chi connectivity index (χ3v) is 3.86. The molecular formula is C14H8BrCl2NO3. The Hall–Kier alpha value is -1.56. The average Bonchev–Trinajstić information content (AvgIpc) is 2.37. The highest BCUT2D eigenvalue weighted by Gasteiger charge is 2.17. The van der Waals surface area contributed by atoms with E-state index in [0.717, 1.165) is 0 Å². The molecule has 0 aliphatic carbocycles. The van der Waals surface area contributed by atoms with Crippen LogP contribution in [-0.2, 0) is 0 Å². The maximum absolute atomic E-state index is 12.2. The summed E-state index contributed by atoms with van der Waals surface area (Å²) >= 11 is 14.9. The van der Waals surface area contributed by atoms with Crippen LogP contribution >= 0.6 is 39.1 Å². The first-order chi connectivity index (χ1) is 9.90. The van der Waals surface area contributed by atoms with Crippen molar-refractivity contribution in [3.63, 3.8) is 0 Å². The molecule has 0 bridgehead atoms. The second kappa shape index (κ2) is 6.47. The van der Waals surface area contributed by atoms with E-state index >= 15 is 0 Å². The van der Waals surface area contributed by atoms with Crippen LogP contribution in [0, 0.1) is 0 Å². The van der Waals surface area contributed by atoms with Crippen LogP contribution in [0.4, 0.5) is 5.69 Å². The molecule has 0 unspecified atom stereocenters. The molecule has 108 valence electrons. The quantitative estimate of drug-likeness (QED) is 0.800. The number of aromatic carboxylic acids is 1. The predicted octanol–water partition coefficient (Wildman–Crippen LogP) is 4.71. The summed E-state index contributed by atoms with van der Waals surface area (Å²) < 4.78 is 0.370. The van der Waals surface area contributed by atoms with E-state index in [1.807, 2.05) is 0 Å². The number of halogens is 3. The number of carbonyl (C=O) groups excluding carboxylic acids is 1. The Morgan fingerprint density at radius 3 is 2.48 bits per heavy atom. The van der Waals surface area contributed by atoms with Crippen molar-refractivity contribution in [1.82, 2.24) is 0 Å². The third-order valence-electron chi connectivity index (χ3n) is 2.65. The summed E-state index contributed by atoms with van der Waals surface area (Å²) in [5.74, 6) is -1.67. The molecule has 0 aliphatic rings. The number of anilines is 1. The van der Waals surface area contributed by atoms with Gasteiger partial charge >= 0.3 is 5.97 Å². The van der Waals surface area contributed by atoms with Crippen molar-refractivity contribution in [2.45, 2.75) is 0 Å². The molecule has 0 fully saturated rings. The van der Waals surface area contributed by atoms with Gasteiger partial charge in [0.2, 0.25) is 0 Å². The lowest BCUT2D eigenvalue weighted by Crippen LogP contribution is -2.15. The number of amides is 1. The summed E-state index contributed by atoms with van der Waals surface area (Å²) in [5.41, 5.74) is 0.348. The fourth-order valence-corrected chi connectivity index (χ4v) is 2.74. The number of carbonyl (C=O) groups is 2. The molecular weight excluding hydrogens is 381 g/mol. The molecule has 2 aromatic carbocycles. The zero-order chi connectivity index (χ0) is 15.6. The number of hydrogen-bond donors (Lipinski definition) is 2. The Labute approximate surface area is 138 Å². The molecule has 0 atom stereocenters. The lowest BCUT2D eigenvalue weighted by atomic mass is 10.1. The molecule has 2 N–H and O–H groups in total. The first-order valence-corrected chi connectivity index (χ1v) is 7.23. The standard InChI is InChI=1S/C14H8BrCl2NO3/c15-9-2-1-3-11(12(9)14(20)21)18-13(19)8-5-4-7(16)6-10(8)17/h1-6H,(H,18,19)(H,20,21). The molecule has 0 aliphatic heterocycles. The molecule has 2 rings (SSSR count). The minimum Gasteiger partial charge on any atom is -0.478 e. The van der Waals surface area contributed by atoms with Gasteiger partial charge in [0.1, 0.15) is 0 Å². The van der Waals surface area contributed by atoms with E-state index < -0.39 is 11.9 Å². The van der Waals surface area contributed by atoms with Gasteiger partial charge in [-0.15, -0.1) is 0 Å². The van der Waals surface area contributed by atoms with Crippen LogP contribution in [-0.4, -0.2) is 17.0 Å². The van der Waals surface area contributed by atoms with Crippen molar-refractivity contribution in [2.75, 3.05) is 5.32 Å². The highest BCUT2D eigenvalue weighted by molar-refractivity contribution is 9.10. The summed E-state index contributed by atoms with van der Waals surface area (Å²) in [5, 5.41) is 12.3. The number of rotatable bonds is 3. The monoisotopic (exact) mass is 387 g/mol. The SMILES string of the molecule is O=C(Nc1cccc(Br)c1C(=O)O)c1ccc(Cl)cc1Cl. The van der Waals surface area contributed by atoms with Gasteiger partial charge in [0.15, 0.2) is 0 Å². The molecule has 0 aromatic heterocycles. The van der Waals surface area contributed by atoms with Crippen molar-refractivity contribution < 1.29 is 14.7 Å². The Bertz CT molecular complexity index is 734. The molecule has 2 aromatic rings. The summed E-state index contributed by atoms with van der Waals surface area (Å²) in [6.45, 7) is 0. The second-order valence-electron chi connectivity index (χ2n) is 4.05. The third kappa shape index (κ3) is 3.56. The van der Waals surface area contributed by atoms with E-state index in [1.165, 1.54) is 24.3 Å². The second-order valence-corrected chi connectivity index (χ2v) is 5.74. The number of carboxylic acids is 1. The smallest absolute Gasteiger partial charge is 0.338 e. The fourth-order valence-electron chi connectivity index (χ4n) is 1.71. The number of benzene rings is 2. The summed E-state index contributed by atoms with van der Waals surface area (Å²) in [6, 6.07) is 9.14. The molecule has 1 amide bonds. The Kier molecular flexibility index (Phi) is 4.88. The summed E-state index contributed by atoms with van der Waals surface area (Å²) in [4.78, 5) is 23.4. The van der Waals surface area contributed by atoms with E-state index in [1.54, 1.807) is 12.1 Å². The van der Waals surface area contributed by atoms with Crippen molar-refractivity contribution >= 4 is 56.7 Å². The maximum Gasteiger partial charge on any atom is 0.338 e. The molecule has 0 radical (unpaired) electrons. The fraction of sp³-hybridized carbons (Fsp3) is 0. The van der Waals surface area contributed by atoms with Crippen LogP contribution < -0.4 is 5.32 Å². The van der Waals surface area contributed by atoms with Crippen LogP contribution in [0.2, 0.25) is 10.0 Å². The Morgan fingerprint density at radius 2 is 1.86 bits per heavy atom. The van der Waals surface area contributed by atoms with Crippen LogP contribution in [0.1, 0.15) is 20.7 Å². The van der Waals surface area contributed by atoms with E-state index in [2.05, 4.69) is 21.2 Å². The Morgan fingerprint density at radius 1 is 1.14 bits per heavy atom. The van der Waals surface area contributed by atoms with Crippen LogP contribution in [0.5, 0.6) is 0 Å². The van der Waals surface area contributed by atoms with Crippen molar-refractivity contribution in [1.29, 1.82) is 0 Å². The first kappa shape index (κ1) is 15.8. The van der Waals surface area contributed by atoms with Gasteiger partial charge in [-0.2, -0.15) is 0 Å². The largest absolute Gasteiger partial charge is 0.478 e. The lowest BCUT2D eigenvalue weighted by molar-refractivity contribution is 0.0697. The molecule has 0 heterocycles. The zero-order valence-electron chi connectivity index (χ0n) is 10.4. The van der Waals surface area contributed by atoms with Gasteiger partial charge in [-0.1, -0.05) is 29.3 Å². The molecule has 7 heteroatoms. The lowest BCUT2D eigenvalue weighted by Gasteiger charge is -2.10. The van der Waals surface area contributed by atoms with E-state index in [0.29, 0.717) is 9.50 Å². The van der Waals surface area contributed by atoms with Gasteiger partial charge in [-0.25, -0.2) is 4.79 Å². The van der Waals surface area contributed by atoms with Gasteiger partial charge in [-0.3, -0.25) is 4.79 Å². The number of hydrogen-bond acceptors (Lipinski definition) is 2. The van der Waals surface area contributed by atoms with Gasteiger partial charge < -0.3 is 10.4 Å². The predicted molar refractivity (Wildman–Crippen MR) is 85.5 cm³/mol. The average molecular weight is 389 g/mol. The van der Waals surface area contributed by atoms with E-state index in [-0.39, 0.29) is 21.8 Å². The topological polar surface area (TPSA) is 66.4 Å². The minimum absolute atomic E-state index is 0.0315. The van der Waals surface area contributed by atoms with E-state index in [9.17, 15) is 14.7 Å². The normalized spacial score (nSPS) is 10.2. The molecule has 0 saturated heterocycles. The molecule has 0 saturated carbocycles. The highest BCUT2D eigenvalue weighted by atomic mass is 79.9. The molecule has 4 nitrogen and oxygen atoms in total. The van der Waals surface area contributed by atoms with Gasteiger partial charge in [0, 0.05) is 9.50 Å². The molecule has 0 spiro atoms. The maximum atomic E-state index is 12.2. The molecule has 21 heavy (non-hydrogen) atoms. The first-order valence-electron chi connectivity index (χ1n) is 5.68. The van der Waals surface area contributed by atoms with Gasteiger partial charge in [-0.05, 0) is 46.3 Å². The van der Waals surface area contributed by atoms with Crippen LogP contribution in [0.15, 0.2) is 40.9 Å². The van der Waals surface area contributed by atoms with Crippen LogP contribution in [0.25, 0.3) is 0 Å². The van der Waals surface area contributed by atoms with Crippen molar-refractivity contribution in [3.05, 3.63) is 62.0 Å². The Balaban J connectivity index is 2.36. The highest BCUT2D eigenvalue weighted by Crippen LogP contribution is 2.27. The zero-order valence-corrected chi connectivity index (χ0v) is 13.5. The van der Waals surface area contributed by atoms with Crippen LogP contribution in [0.3, 0.4) is 0 Å². The summed E-state index contributed by atoms with van der Waals surface area (Å²) in [7, 11) is 0. The van der Waals surface area contributed by atoms with Crippen molar-refractivity contribution in [2.24, 2.45) is 0 Å². The van der Waals surface area contributed by atoms with Gasteiger partial charge in [0.05, 0.1) is 21.8 Å². The minimum atomic E-state index is -1.15. The van der Waals surface area contributed by atoms with Crippen molar-refractivity contribution in [3.8, 4) is 0 Å².